The molecule has 0 bridgehead atoms. The minimum absolute atomic E-state index is 0.0569. The second kappa shape index (κ2) is 7.95. The van der Waals surface area contributed by atoms with Crippen LogP contribution in [-0.4, -0.2) is 12.6 Å². The van der Waals surface area contributed by atoms with Gasteiger partial charge < -0.3 is 10.5 Å². The van der Waals surface area contributed by atoms with Crippen molar-refractivity contribution in [3.05, 3.63) is 34.9 Å². The Morgan fingerprint density at radius 3 is 2.63 bits per heavy atom. The van der Waals surface area contributed by atoms with Crippen LogP contribution in [-0.2, 0) is 9.53 Å². The van der Waals surface area contributed by atoms with Crippen LogP contribution in [0.25, 0.3) is 0 Å². The van der Waals surface area contributed by atoms with Gasteiger partial charge in [-0.15, -0.1) is 0 Å². The molecular weight excluding hydrogens is 238 g/mol. The zero-order valence-electron chi connectivity index (χ0n) is 12.2. The first kappa shape index (κ1) is 15.7. The lowest BCUT2D eigenvalue weighted by Gasteiger charge is -2.13. The lowest BCUT2D eigenvalue weighted by Crippen LogP contribution is -2.11. The third-order valence-electron chi connectivity index (χ3n) is 3.41. The topological polar surface area (TPSA) is 52.3 Å². The van der Waals surface area contributed by atoms with E-state index in [2.05, 4.69) is 32.0 Å². The van der Waals surface area contributed by atoms with Crippen molar-refractivity contribution < 1.29 is 9.53 Å². The van der Waals surface area contributed by atoms with E-state index < -0.39 is 0 Å². The van der Waals surface area contributed by atoms with Crippen molar-refractivity contribution in [1.29, 1.82) is 0 Å². The molecule has 19 heavy (non-hydrogen) atoms. The second-order valence-corrected chi connectivity index (χ2v) is 5.00. The van der Waals surface area contributed by atoms with E-state index in [0.29, 0.717) is 13.0 Å². The van der Waals surface area contributed by atoms with Gasteiger partial charge in [0.2, 0.25) is 0 Å². The monoisotopic (exact) mass is 263 g/mol. The summed E-state index contributed by atoms with van der Waals surface area (Å²) in [6, 6.07) is 6.42. The molecule has 0 heterocycles. The lowest BCUT2D eigenvalue weighted by molar-refractivity contribution is -0.143. The molecule has 0 aliphatic carbocycles. The van der Waals surface area contributed by atoms with Crippen LogP contribution >= 0.6 is 0 Å². The number of carbonyl (C=O) groups is 1. The van der Waals surface area contributed by atoms with Crippen molar-refractivity contribution in [1.82, 2.24) is 0 Å². The first-order valence-corrected chi connectivity index (χ1v) is 7.03. The van der Waals surface area contributed by atoms with E-state index >= 15 is 0 Å². The van der Waals surface area contributed by atoms with Crippen LogP contribution in [0.4, 0.5) is 0 Å². The molecule has 0 amide bonds. The van der Waals surface area contributed by atoms with Gasteiger partial charge in [-0.05, 0) is 50.3 Å². The Morgan fingerprint density at radius 2 is 2.00 bits per heavy atom. The van der Waals surface area contributed by atoms with Crippen LogP contribution in [0, 0.1) is 13.8 Å². The van der Waals surface area contributed by atoms with Gasteiger partial charge in [0.05, 0.1) is 6.61 Å². The summed E-state index contributed by atoms with van der Waals surface area (Å²) in [7, 11) is 0. The SMILES string of the molecule is CCOC(=O)CCCCC(N)c1ccc(C)c(C)c1. The first-order valence-electron chi connectivity index (χ1n) is 7.03. The minimum Gasteiger partial charge on any atom is -0.466 e. The number of esters is 1. The molecule has 0 radical (unpaired) electrons. The van der Waals surface area contributed by atoms with Crippen molar-refractivity contribution in [2.45, 2.75) is 52.5 Å². The second-order valence-electron chi connectivity index (χ2n) is 5.00. The van der Waals surface area contributed by atoms with Gasteiger partial charge >= 0.3 is 5.97 Å². The van der Waals surface area contributed by atoms with Crippen LogP contribution in [0.5, 0.6) is 0 Å². The normalized spacial score (nSPS) is 12.2. The average molecular weight is 263 g/mol. The molecule has 1 aromatic rings. The third kappa shape index (κ3) is 5.43. The standard InChI is InChI=1S/C16H25NO2/c1-4-19-16(18)8-6-5-7-15(17)14-10-9-12(2)13(3)11-14/h9-11,15H,4-8,17H2,1-3H3. The number of hydrogen-bond acceptors (Lipinski definition) is 3. The number of benzene rings is 1. The number of carbonyl (C=O) groups excluding carboxylic acids is 1. The van der Waals surface area contributed by atoms with Crippen LogP contribution in [0.3, 0.4) is 0 Å². The highest BCUT2D eigenvalue weighted by atomic mass is 16.5. The number of rotatable bonds is 7. The van der Waals surface area contributed by atoms with Gasteiger partial charge in [0.25, 0.3) is 0 Å². The quantitative estimate of drug-likeness (QED) is 0.605. The van der Waals surface area contributed by atoms with Crippen LogP contribution < -0.4 is 5.73 Å². The highest BCUT2D eigenvalue weighted by Crippen LogP contribution is 2.20. The highest BCUT2D eigenvalue weighted by Gasteiger charge is 2.08. The predicted octanol–water partition coefficient (Wildman–Crippen LogP) is 3.43. The maximum atomic E-state index is 11.2. The molecule has 1 rings (SSSR count). The molecule has 0 aromatic heterocycles. The summed E-state index contributed by atoms with van der Waals surface area (Å²) in [5.74, 6) is -0.109. The molecule has 0 saturated carbocycles. The third-order valence-corrected chi connectivity index (χ3v) is 3.41. The summed E-state index contributed by atoms with van der Waals surface area (Å²) in [6.45, 7) is 6.49. The molecule has 0 aliphatic rings. The number of hydrogen-bond donors (Lipinski definition) is 1. The van der Waals surface area contributed by atoms with E-state index in [-0.39, 0.29) is 12.0 Å². The molecule has 0 saturated heterocycles. The van der Waals surface area contributed by atoms with Gasteiger partial charge in [-0.3, -0.25) is 4.79 Å². The summed E-state index contributed by atoms with van der Waals surface area (Å²) in [5.41, 5.74) is 9.92. The Bertz CT molecular complexity index is 415. The Kier molecular flexibility index (Phi) is 6.57. The number of unbranched alkanes of at least 4 members (excludes halogenated alkanes) is 1. The van der Waals surface area contributed by atoms with Crippen molar-refractivity contribution in [2.75, 3.05) is 6.61 Å². The molecule has 0 fully saturated rings. The maximum absolute atomic E-state index is 11.2. The summed E-state index contributed by atoms with van der Waals surface area (Å²) in [4.78, 5) is 11.2. The van der Waals surface area contributed by atoms with Gasteiger partial charge in [0.1, 0.15) is 0 Å². The molecule has 3 nitrogen and oxygen atoms in total. The zero-order valence-corrected chi connectivity index (χ0v) is 12.2. The van der Waals surface area contributed by atoms with E-state index in [1.165, 1.54) is 16.7 Å². The number of aryl methyl sites for hydroxylation is 2. The lowest BCUT2D eigenvalue weighted by atomic mass is 9.98. The molecule has 0 spiro atoms. The largest absolute Gasteiger partial charge is 0.466 e. The van der Waals surface area contributed by atoms with Gasteiger partial charge in [0, 0.05) is 12.5 Å². The predicted molar refractivity (Wildman–Crippen MR) is 77.9 cm³/mol. The summed E-state index contributed by atoms with van der Waals surface area (Å²) in [5, 5.41) is 0. The Hall–Kier alpha value is -1.35. The van der Waals surface area contributed by atoms with Crippen LogP contribution in [0.2, 0.25) is 0 Å². The van der Waals surface area contributed by atoms with E-state index in [9.17, 15) is 4.79 Å². The first-order chi connectivity index (χ1) is 9.04. The van der Waals surface area contributed by atoms with Gasteiger partial charge in [-0.25, -0.2) is 0 Å². The molecule has 1 aromatic carbocycles. The highest BCUT2D eigenvalue weighted by molar-refractivity contribution is 5.69. The van der Waals surface area contributed by atoms with E-state index in [1.54, 1.807) is 0 Å². The maximum Gasteiger partial charge on any atom is 0.305 e. The Labute approximate surface area is 116 Å². The van der Waals surface area contributed by atoms with E-state index in [0.717, 1.165) is 19.3 Å². The molecule has 1 atom stereocenters. The smallest absolute Gasteiger partial charge is 0.305 e. The fraction of sp³-hybridized carbons (Fsp3) is 0.562. The molecule has 1 unspecified atom stereocenters. The van der Waals surface area contributed by atoms with Crippen molar-refractivity contribution in [3.8, 4) is 0 Å². The van der Waals surface area contributed by atoms with Crippen molar-refractivity contribution in [2.24, 2.45) is 5.73 Å². The van der Waals surface area contributed by atoms with Gasteiger partial charge in [-0.1, -0.05) is 24.6 Å². The van der Waals surface area contributed by atoms with Gasteiger partial charge in [-0.2, -0.15) is 0 Å². The van der Waals surface area contributed by atoms with Gasteiger partial charge in [0.15, 0.2) is 0 Å². The zero-order chi connectivity index (χ0) is 14.3. The molecule has 0 aliphatic heterocycles. The molecular formula is C16H25NO2. The van der Waals surface area contributed by atoms with Crippen molar-refractivity contribution in [3.63, 3.8) is 0 Å². The summed E-state index contributed by atoms with van der Waals surface area (Å²) in [6.07, 6.45) is 3.19. The fourth-order valence-electron chi connectivity index (χ4n) is 2.03. The molecule has 2 N–H and O–H groups in total. The Balaban J connectivity index is 2.33. The molecule has 106 valence electrons. The fourth-order valence-corrected chi connectivity index (χ4v) is 2.03. The van der Waals surface area contributed by atoms with Crippen molar-refractivity contribution >= 4 is 5.97 Å². The molecule has 3 heteroatoms. The van der Waals surface area contributed by atoms with Crippen LogP contribution in [0.1, 0.15) is 55.3 Å². The number of nitrogens with two attached hydrogens (primary N) is 1. The summed E-state index contributed by atoms with van der Waals surface area (Å²) >= 11 is 0. The van der Waals surface area contributed by atoms with E-state index in [1.807, 2.05) is 6.92 Å². The number of ether oxygens (including phenoxy) is 1. The minimum atomic E-state index is -0.109. The van der Waals surface area contributed by atoms with Crippen LogP contribution in [0.15, 0.2) is 18.2 Å². The summed E-state index contributed by atoms with van der Waals surface area (Å²) < 4.78 is 4.89. The van der Waals surface area contributed by atoms with E-state index in [4.69, 9.17) is 10.5 Å². The Morgan fingerprint density at radius 1 is 1.26 bits per heavy atom. The average Bonchev–Trinajstić information content (AvgIpc) is 2.38.